The average molecular weight is 564 g/mol. The molecule has 10 heteroatoms. The Morgan fingerprint density at radius 3 is 2.64 bits per heavy atom. The molecule has 0 aliphatic carbocycles. The van der Waals surface area contributed by atoms with Gasteiger partial charge in [-0.25, -0.2) is 4.79 Å². The molecule has 0 spiro atoms. The number of nitrogens with one attached hydrogen (secondary N) is 1. The normalized spacial score (nSPS) is 16.7. The van der Waals surface area contributed by atoms with Crippen molar-refractivity contribution < 1.29 is 23.4 Å². The maximum atomic E-state index is 12.4. The molecule has 8 nitrogen and oxygen atoms in total. The monoisotopic (exact) mass is 563 g/mol. The molecule has 0 radical (unpaired) electrons. The lowest BCUT2D eigenvalue weighted by Crippen LogP contribution is -2.29. The number of carbonyl (C=O) groups excluding carboxylic acids is 1. The lowest BCUT2D eigenvalue weighted by Gasteiger charge is -2.26. The number of carbonyl (C=O) groups is 1. The van der Waals surface area contributed by atoms with E-state index in [0.29, 0.717) is 51.7 Å². The van der Waals surface area contributed by atoms with E-state index in [9.17, 15) is 4.79 Å². The van der Waals surface area contributed by atoms with Crippen molar-refractivity contribution in [3.05, 3.63) is 101 Å². The quantitative estimate of drug-likeness (QED) is 0.150. The fourth-order valence-electron chi connectivity index (χ4n) is 4.56. The molecule has 0 amide bonds. The second-order valence-corrected chi connectivity index (χ2v) is 9.49. The Bertz CT molecular complexity index is 1480. The first-order valence-corrected chi connectivity index (χ1v) is 13.0. The van der Waals surface area contributed by atoms with E-state index >= 15 is 0 Å². The predicted molar refractivity (Wildman–Crippen MR) is 152 cm³/mol. The molecule has 0 bridgehead atoms. The summed E-state index contributed by atoms with van der Waals surface area (Å²) in [6.45, 7) is 0.831. The summed E-state index contributed by atoms with van der Waals surface area (Å²) in [4.78, 5) is 18.9. The molecule has 0 saturated carbocycles. The average Bonchev–Trinajstić information content (AvgIpc) is 3.58. The van der Waals surface area contributed by atoms with Gasteiger partial charge in [0.15, 0.2) is 5.11 Å². The van der Waals surface area contributed by atoms with Gasteiger partial charge in [-0.15, -0.1) is 0 Å². The van der Waals surface area contributed by atoms with Crippen molar-refractivity contribution >= 4 is 40.6 Å². The highest BCUT2D eigenvalue weighted by atomic mass is 35.5. The van der Waals surface area contributed by atoms with Gasteiger partial charge in [0.1, 0.15) is 29.9 Å². The molecule has 2 aromatic carbocycles. The first-order valence-electron chi connectivity index (χ1n) is 12.2. The van der Waals surface area contributed by atoms with Crippen molar-refractivity contribution in [3.63, 3.8) is 0 Å². The lowest BCUT2D eigenvalue weighted by molar-refractivity contribution is 0.0601. The van der Waals surface area contributed by atoms with E-state index in [4.69, 9.17) is 42.4 Å². The van der Waals surface area contributed by atoms with E-state index in [2.05, 4.69) is 10.3 Å². The number of pyridine rings is 1. The summed E-state index contributed by atoms with van der Waals surface area (Å²) in [5.41, 5.74) is 2.60. The molecule has 1 aliphatic rings. The molecule has 3 heterocycles. The van der Waals surface area contributed by atoms with Crippen LogP contribution in [0.1, 0.15) is 33.9 Å². The summed E-state index contributed by atoms with van der Waals surface area (Å²) < 4.78 is 22.2. The molecule has 39 heavy (non-hydrogen) atoms. The minimum absolute atomic E-state index is 0.315. The highest BCUT2D eigenvalue weighted by molar-refractivity contribution is 7.80. The van der Waals surface area contributed by atoms with Crippen LogP contribution in [-0.2, 0) is 9.47 Å². The zero-order chi connectivity index (χ0) is 27.4. The zero-order valence-corrected chi connectivity index (χ0v) is 22.9. The molecular weight excluding hydrogens is 538 g/mol. The van der Waals surface area contributed by atoms with Crippen molar-refractivity contribution in [3.8, 4) is 17.1 Å². The van der Waals surface area contributed by atoms with E-state index in [-0.39, 0.29) is 6.04 Å². The lowest BCUT2D eigenvalue weighted by atomic mass is 10.0. The van der Waals surface area contributed by atoms with Crippen LogP contribution in [0.15, 0.2) is 83.4 Å². The third-order valence-electron chi connectivity index (χ3n) is 6.35. The number of hydrogen-bond donors (Lipinski definition) is 1. The highest BCUT2D eigenvalue weighted by Gasteiger charge is 2.43. The Morgan fingerprint density at radius 2 is 1.90 bits per heavy atom. The van der Waals surface area contributed by atoms with Crippen LogP contribution in [0.3, 0.4) is 0 Å². The van der Waals surface area contributed by atoms with Gasteiger partial charge in [-0.2, -0.15) is 0 Å². The van der Waals surface area contributed by atoms with Gasteiger partial charge < -0.3 is 28.8 Å². The molecule has 2 atom stereocenters. The number of aromatic nitrogens is 1. The number of hydrogen-bond acceptors (Lipinski definition) is 7. The number of furan rings is 1. The zero-order valence-electron chi connectivity index (χ0n) is 21.3. The van der Waals surface area contributed by atoms with Crippen LogP contribution >= 0.6 is 23.8 Å². The Labute approximate surface area is 236 Å². The fraction of sp³-hybridized carbons (Fsp3) is 0.207. The van der Waals surface area contributed by atoms with Crippen LogP contribution in [0.2, 0.25) is 5.02 Å². The number of ether oxygens (including phenoxy) is 3. The molecule has 1 saturated heterocycles. The van der Waals surface area contributed by atoms with Crippen molar-refractivity contribution in [1.82, 2.24) is 10.3 Å². The van der Waals surface area contributed by atoms with Crippen molar-refractivity contribution in [2.45, 2.75) is 12.1 Å². The molecule has 1 aliphatic heterocycles. The van der Waals surface area contributed by atoms with E-state index in [0.717, 1.165) is 11.4 Å². The first-order chi connectivity index (χ1) is 19.0. The standard InChI is InChI=1S/C29H26ClN3O5S/c1-35-15-16-37-24-11-10-18(17-21(24)30)33-27(26(32-29(33)39)22-9-5-6-14-31-22)25-13-12-23(38-25)19-7-3-4-8-20(19)28(34)36-2/h3-14,17,26-27H,15-16H2,1-2H3,(H,32,39)/t26-,27-/m1/s1. The summed E-state index contributed by atoms with van der Waals surface area (Å²) in [6, 6.07) is 21.4. The van der Waals surface area contributed by atoms with Crippen LogP contribution in [-0.4, -0.2) is 43.5 Å². The Morgan fingerprint density at radius 1 is 1.08 bits per heavy atom. The van der Waals surface area contributed by atoms with E-state index in [1.165, 1.54) is 7.11 Å². The van der Waals surface area contributed by atoms with Gasteiger partial charge in [-0.1, -0.05) is 35.9 Å². The topological polar surface area (TPSA) is 86.1 Å². The summed E-state index contributed by atoms with van der Waals surface area (Å²) in [6.07, 6.45) is 1.74. The number of methoxy groups -OCH3 is 2. The van der Waals surface area contributed by atoms with E-state index in [1.807, 2.05) is 59.5 Å². The second kappa shape index (κ2) is 11.9. The number of thiocarbonyl (C=S) groups is 1. The second-order valence-electron chi connectivity index (χ2n) is 8.69. The smallest absolute Gasteiger partial charge is 0.338 e. The largest absolute Gasteiger partial charge is 0.490 e. The van der Waals surface area contributed by atoms with Crippen LogP contribution < -0.4 is 15.0 Å². The third kappa shape index (κ3) is 5.47. The molecule has 0 unspecified atom stereocenters. The molecule has 1 fully saturated rings. The van der Waals surface area contributed by atoms with Gasteiger partial charge >= 0.3 is 5.97 Å². The molecule has 5 rings (SSSR count). The molecule has 200 valence electrons. The summed E-state index contributed by atoms with van der Waals surface area (Å²) in [5.74, 6) is 1.27. The predicted octanol–water partition coefficient (Wildman–Crippen LogP) is 5.98. The van der Waals surface area contributed by atoms with Gasteiger partial charge in [0.05, 0.1) is 36.0 Å². The minimum Gasteiger partial charge on any atom is -0.490 e. The van der Waals surface area contributed by atoms with Gasteiger partial charge in [0.2, 0.25) is 0 Å². The van der Waals surface area contributed by atoms with Crippen LogP contribution in [0.25, 0.3) is 11.3 Å². The maximum Gasteiger partial charge on any atom is 0.338 e. The Hall–Kier alpha value is -3.92. The molecule has 1 N–H and O–H groups in total. The molecule has 2 aromatic heterocycles. The number of halogens is 1. The third-order valence-corrected chi connectivity index (χ3v) is 6.96. The summed E-state index contributed by atoms with van der Waals surface area (Å²) in [7, 11) is 2.97. The van der Waals surface area contributed by atoms with E-state index in [1.54, 1.807) is 31.5 Å². The van der Waals surface area contributed by atoms with Gasteiger partial charge in [0, 0.05) is 24.6 Å². The van der Waals surface area contributed by atoms with Crippen molar-refractivity contribution in [2.24, 2.45) is 0 Å². The number of benzene rings is 2. The van der Waals surface area contributed by atoms with Crippen molar-refractivity contribution in [2.75, 3.05) is 32.3 Å². The Kier molecular flexibility index (Phi) is 8.11. The minimum atomic E-state index is -0.442. The van der Waals surface area contributed by atoms with Crippen LogP contribution in [0.4, 0.5) is 5.69 Å². The molecule has 4 aromatic rings. The Balaban J connectivity index is 1.55. The van der Waals surface area contributed by atoms with Crippen molar-refractivity contribution in [1.29, 1.82) is 0 Å². The first kappa shape index (κ1) is 26.7. The number of esters is 1. The summed E-state index contributed by atoms with van der Waals surface area (Å²) in [5, 5.41) is 4.34. The maximum absolute atomic E-state index is 12.4. The number of anilines is 1. The fourth-order valence-corrected chi connectivity index (χ4v) is 5.13. The SMILES string of the molecule is COCCOc1ccc(N2C(=S)N[C@H](c3ccccn3)[C@H]2c2ccc(-c3ccccc3C(=O)OC)o2)cc1Cl. The van der Waals surface area contributed by atoms with Crippen LogP contribution in [0.5, 0.6) is 5.75 Å². The van der Waals surface area contributed by atoms with Gasteiger partial charge in [-0.3, -0.25) is 4.98 Å². The highest BCUT2D eigenvalue weighted by Crippen LogP contribution is 2.44. The van der Waals surface area contributed by atoms with Crippen LogP contribution in [0, 0.1) is 0 Å². The summed E-state index contributed by atoms with van der Waals surface area (Å²) >= 11 is 12.4. The number of nitrogens with zero attached hydrogens (tertiary/aromatic N) is 2. The number of rotatable bonds is 9. The van der Waals surface area contributed by atoms with Gasteiger partial charge in [-0.05, 0) is 60.7 Å². The van der Waals surface area contributed by atoms with E-state index < -0.39 is 12.0 Å². The molecular formula is C29H26ClN3O5S. The van der Waals surface area contributed by atoms with Gasteiger partial charge in [0.25, 0.3) is 0 Å².